The molecular formula is C22H21NO4S. The van der Waals surface area contributed by atoms with Gasteiger partial charge in [-0.15, -0.1) is 0 Å². The van der Waals surface area contributed by atoms with Crippen molar-refractivity contribution in [3.63, 3.8) is 0 Å². The molecule has 0 saturated carbocycles. The van der Waals surface area contributed by atoms with Crippen molar-refractivity contribution in [1.82, 2.24) is 0 Å². The van der Waals surface area contributed by atoms with Crippen LogP contribution in [0.4, 0.5) is 5.69 Å². The zero-order chi connectivity index (χ0) is 19.9. The van der Waals surface area contributed by atoms with Crippen LogP contribution >= 0.6 is 11.3 Å². The molecule has 5 nitrogen and oxygen atoms in total. The van der Waals surface area contributed by atoms with Gasteiger partial charge in [0, 0.05) is 5.56 Å². The average molecular weight is 395 g/mol. The molecule has 6 heteroatoms. The SMILES string of the molecule is COc1ccc(C)cc1NC(=O)[C@H](OC(=O)Cc1ccsc1)c1ccccc1. The summed E-state index contributed by atoms with van der Waals surface area (Å²) < 4.78 is 10.9. The Kier molecular flexibility index (Phi) is 6.45. The number of carbonyl (C=O) groups excluding carboxylic acids is 2. The fourth-order valence-corrected chi connectivity index (χ4v) is 3.42. The van der Waals surface area contributed by atoms with Crippen LogP contribution in [-0.2, 0) is 20.7 Å². The molecule has 0 saturated heterocycles. The summed E-state index contributed by atoms with van der Waals surface area (Å²) >= 11 is 1.51. The van der Waals surface area contributed by atoms with Crippen molar-refractivity contribution in [3.8, 4) is 5.75 Å². The first kappa shape index (κ1) is 19.6. The number of carbonyl (C=O) groups is 2. The molecular weight excluding hydrogens is 374 g/mol. The molecule has 0 aliphatic carbocycles. The van der Waals surface area contributed by atoms with E-state index in [-0.39, 0.29) is 6.42 Å². The average Bonchev–Trinajstić information content (AvgIpc) is 3.20. The van der Waals surface area contributed by atoms with Crippen LogP contribution < -0.4 is 10.1 Å². The van der Waals surface area contributed by atoms with Gasteiger partial charge in [0.25, 0.3) is 5.91 Å². The van der Waals surface area contributed by atoms with Crippen LogP contribution in [0.1, 0.15) is 22.8 Å². The Balaban J connectivity index is 1.81. The Morgan fingerprint density at radius 2 is 1.89 bits per heavy atom. The molecule has 1 amide bonds. The lowest BCUT2D eigenvalue weighted by molar-refractivity contribution is -0.154. The molecule has 1 atom stereocenters. The van der Waals surface area contributed by atoms with Gasteiger partial charge in [-0.2, -0.15) is 11.3 Å². The number of rotatable bonds is 7. The van der Waals surface area contributed by atoms with E-state index in [9.17, 15) is 9.59 Å². The largest absolute Gasteiger partial charge is 0.495 e. The van der Waals surface area contributed by atoms with Crippen LogP contribution in [0.5, 0.6) is 5.75 Å². The van der Waals surface area contributed by atoms with Crippen molar-refractivity contribution in [1.29, 1.82) is 0 Å². The van der Waals surface area contributed by atoms with Gasteiger partial charge in [-0.25, -0.2) is 0 Å². The van der Waals surface area contributed by atoms with E-state index in [1.54, 1.807) is 30.3 Å². The summed E-state index contributed by atoms with van der Waals surface area (Å²) in [7, 11) is 1.54. The van der Waals surface area contributed by atoms with Gasteiger partial charge in [0.2, 0.25) is 6.10 Å². The second-order valence-corrected chi connectivity index (χ2v) is 7.06. The highest BCUT2D eigenvalue weighted by Gasteiger charge is 2.26. The Labute approximate surface area is 167 Å². The lowest BCUT2D eigenvalue weighted by Crippen LogP contribution is -2.26. The van der Waals surface area contributed by atoms with Crippen LogP contribution in [0.15, 0.2) is 65.4 Å². The smallest absolute Gasteiger partial charge is 0.311 e. The molecule has 3 rings (SSSR count). The van der Waals surface area contributed by atoms with E-state index in [0.717, 1.165) is 11.1 Å². The molecule has 1 aromatic heterocycles. The number of thiophene rings is 1. The first-order chi connectivity index (χ1) is 13.6. The Bertz CT molecular complexity index is 938. The van der Waals surface area contributed by atoms with Crippen LogP contribution in [0.25, 0.3) is 0 Å². The highest BCUT2D eigenvalue weighted by Crippen LogP contribution is 2.28. The summed E-state index contributed by atoms with van der Waals surface area (Å²) in [5, 5.41) is 6.61. The van der Waals surface area contributed by atoms with Gasteiger partial charge in [-0.3, -0.25) is 9.59 Å². The zero-order valence-corrected chi connectivity index (χ0v) is 16.5. The van der Waals surface area contributed by atoms with Crippen LogP contribution in [0.3, 0.4) is 0 Å². The van der Waals surface area contributed by atoms with Crippen molar-refractivity contribution in [3.05, 3.63) is 82.0 Å². The summed E-state index contributed by atoms with van der Waals surface area (Å²) in [6.07, 6.45) is -0.939. The summed E-state index contributed by atoms with van der Waals surface area (Å²) in [5.74, 6) is -0.359. The molecule has 0 aliphatic heterocycles. The number of hydrogen-bond donors (Lipinski definition) is 1. The maximum Gasteiger partial charge on any atom is 0.311 e. The first-order valence-electron chi connectivity index (χ1n) is 8.78. The Morgan fingerprint density at radius 1 is 1.11 bits per heavy atom. The molecule has 0 fully saturated rings. The van der Waals surface area contributed by atoms with Crippen molar-refractivity contribution in [2.75, 3.05) is 12.4 Å². The van der Waals surface area contributed by atoms with Gasteiger partial charge in [0.15, 0.2) is 0 Å². The minimum Gasteiger partial charge on any atom is -0.495 e. The van der Waals surface area contributed by atoms with Gasteiger partial charge < -0.3 is 14.8 Å². The molecule has 0 bridgehead atoms. The molecule has 28 heavy (non-hydrogen) atoms. The van der Waals surface area contributed by atoms with Crippen molar-refractivity contribution in [2.45, 2.75) is 19.4 Å². The molecule has 0 aliphatic rings. The lowest BCUT2D eigenvalue weighted by atomic mass is 10.1. The van der Waals surface area contributed by atoms with Crippen molar-refractivity contribution >= 4 is 28.9 Å². The molecule has 0 unspecified atom stereocenters. The summed E-state index contributed by atoms with van der Waals surface area (Å²) in [6.45, 7) is 1.92. The highest BCUT2D eigenvalue weighted by molar-refractivity contribution is 7.08. The number of aryl methyl sites for hydroxylation is 1. The summed E-state index contributed by atoms with van der Waals surface area (Å²) in [4.78, 5) is 25.4. The van der Waals surface area contributed by atoms with E-state index >= 15 is 0 Å². The maximum absolute atomic E-state index is 13.0. The number of ether oxygens (including phenoxy) is 2. The molecule has 1 heterocycles. The predicted molar refractivity (Wildman–Crippen MR) is 110 cm³/mol. The van der Waals surface area contributed by atoms with E-state index in [0.29, 0.717) is 17.0 Å². The zero-order valence-electron chi connectivity index (χ0n) is 15.7. The number of benzene rings is 2. The minimum atomic E-state index is -1.06. The normalized spacial score (nSPS) is 11.5. The van der Waals surface area contributed by atoms with Gasteiger partial charge in [-0.05, 0) is 47.0 Å². The minimum absolute atomic E-state index is 0.119. The topological polar surface area (TPSA) is 64.6 Å². The lowest BCUT2D eigenvalue weighted by Gasteiger charge is -2.19. The number of amides is 1. The fraction of sp³-hybridized carbons (Fsp3) is 0.182. The third-order valence-corrected chi connectivity index (χ3v) is 4.86. The first-order valence-corrected chi connectivity index (χ1v) is 9.72. The quantitative estimate of drug-likeness (QED) is 0.597. The Hall–Kier alpha value is -3.12. The van der Waals surface area contributed by atoms with Gasteiger partial charge in [0.05, 0.1) is 19.2 Å². The fourth-order valence-electron chi connectivity index (χ4n) is 2.75. The summed E-state index contributed by atoms with van der Waals surface area (Å²) in [6, 6.07) is 16.3. The molecule has 144 valence electrons. The van der Waals surface area contributed by atoms with Crippen LogP contribution in [0.2, 0.25) is 0 Å². The molecule has 2 aromatic carbocycles. The third kappa shape index (κ3) is 4.98. The van der Waals surface area contributed by atoms with E-state index in [1.807, 2.05) is 41.9 Å². The number of methoxy groups -OCH3 is 1. The van der Waals surface area contributed by atoms with E-state index < -0.39 is 18.0 Å². The predicted octanol–water partition coefficient (Wildman–Crippen LogP) is 4.53. The molecule has 1 N–H and O–H groups in total. The monoisotopic (exact) mass is 395 g/mol. The number of nitrogens with one attached hydrogen (secondary N) is 1. The van der Waals surface area contributed by atoms with E-state index in [4.69, 9.17) is 9.47 Å². The van der Waals surface area contributed by atoms with Crippen molar-refractivity contribution in [2.24, 2.45) is 0 Å². The van der Waals surface area contributed by atoms with E-state index in [1.165, 1.54) is 18.4 Å². The highest BCUT2D eigenvalue weighted by atomic mass is 32.1. The third-order valence-electron chi connectivity index (χ3n) is 4.13. The molecule has 3 aromatic rings. The number of hydrogen-bond acceptors (Lipinski definition) is 5. The van der Waals surface area contributed by atoms with Gasteiger partial charge in [-0.1, -0.05) is 36.4 Å². The van der Waals surface area contributed by atoms with Crippen LogP contribution in [0, 0.1) is 6.92 Å². The molecule has 0 radical (unpaired) electrons. The second kappa shape index (κ2) is 9.19. The molecule has 0 spiro atoms. The van der Waals surface area contributed by atoms with E-state index in [2.05, 4.69) is 5.32 Å². The number of anilines is 1. The van der Waals surface area contributed by atoms with Gasteiger partial charge >= 0.3 is 5.97 Å². The summed E-state index contributed by atoms with van der Waals surface area (Å²) in [5.41, 5.74) is 2.97. The second-order valence-electron chi connectivity index (χ2n) is 6.28. The standard InChI is InChI=1S/C22H21NO4S/c1-15-8-9-19(26-2)18(12-15)23-22(25)21(17-6-4-3-5-7-17)27-20(24)13-16-10-11-28-14-16/h3-12,14,21H,13H2,1-2H3,(H,23,25)/t21-/m1/s1. The Morgan fingerprint density at radius 3 is 2.57 bits per heavy atom. The maximum atomic E-state index is 13.0. The van der Waals surface area contributed by atoms with Crippen LogP contribution in [-0.4, -0.2) is 19.0 Å². The van der Waals surface area contributed by atoms with Crippen molar-refractivity contribution < 1.29 is 19.1 Å². The van der Waals surface area contributed by atoms with Gasteiger partial charge in [0.1, 0.15) is 5.75 Å². The number of esters is 1.